The van der Waals surface area contributed by atoms with Gasteiger partial charge in [-0.05, 0) is 31.2 Å². The number of nitrogens with zero attached hydrogens (tertiary/aromatic N) is 4. The van der Waals surface area contributed by atoms with Gasteiger partial charge in [0.25, 0.3) is 11.5 Å². The molecule has 1 aliphatic heterocycles. The molecule has 2 N–H and O–H groups in total. The minimum Gasteiger partial charge on any atom is -0.475 e. The number of alkyl halides is 3. The van der Waals surface area contributed by atoms with Crippen molar-refractivity contribution in [1.29, 1.82) is 0 Å². The molecule has 0 atom stereocenters. The van der Waals surface area contributed by atoms with Crippen LogP contribution in [0.3, 0.4) is 0 Å². The highest BCUT2D eigenvalue weighted by atomic mass is 19.4. The number of piperazine rings is 1. The molecule has 9 nitrogen and oxygen atoms in total. The van der Waals surface area contributed by atoms with Gasteiger partial charge in [0.1, 0.15) is 0 Å². The van der Waals surface area contributed by atoms with Crippen molar-refractivity contribution >= 4 is 28.5 Å². The van der Waals surface area contributed by atoms with E-state index in [1.54, 1.807) is 35.4 Å². The van der Waals surface area contributed by atoms with E-state index in [2.05, 4.69) is 19.9 Å². The number of carbonyl (C=O) groups is 2. The third kappa shape index (κ3) is 5.84. The van der Waals surface area contributed by atoms with Gasteiger partial charge in [0.2, 0.25) is 0 Å². The van der Waals surface area contributed by atoms with E-state index in [9.17, 15) is 22.8 Å². The second-order valence-corrected chi connectivity index (χ2v) is 7.17. The fourth-order valence-corrected chi connectivity index (χ4v) is 3.23. The summed E-state index contributed by atoms with van der Waals surface area (Å²) in [5.74, 6) is -2.90. The number of carboxylic acid groups (broad SMARTS) is 1. The highest BCUT2D eigenvalue weighted by Gasteiger charge is 2.38. The number of aromatic nitrogens is 3. The summed E-state index contributed by atoms with van der Waals surface area (Å²) >= 11 is 0. The number of pyridine rings is 1. The van der Waals surface area contributed by atoms with Crippen LogP contribution in [0, 0.1) is 6.92 Å². The van der Waals surface area contributed by atoms with Crippen molar-refractivity contribution in [3.05, 3.63) is 64.5 Å². The second kappa shape index (κ2) is 9.67. The molecule has 0 bridgehead atoms. The molecule has 0 aliphatic carbocycles. The van der Waals surface area contributed by atoms with E-state index < -0.39 is 12.1 Å². The zero-order valence-electron chi connectivity index (χ0n) is 17.5. The Morgan fingerprint density at radius 2 is 1.73 bits per heavy atom. The first-order valence-electron chi connectivity index (χ1n) is 9.82. The summed E-state index contributed by atoms with van der Waals surface area (Å²) in [6.07, 6.45) is -3.29. The Morgan fingerprint density at radius 3 is 2.33 bits per heavy atom. The molecule has 0 radical (unpaired) electrons. The molecule has 1 amide bonds. The summed E-state index contributed by atoms with van der Waals surface area (Å²) in [6.45, 7) is 4.58. The normalized spacial score (nSPS) is 13.9. The number of hydrogen-bond donors (Lipinski definition) is 2. The lowest BCUT2D eigenvalue weighted by molar-refractivity contribution is -0.192. The van der Waals surface area contributed by atoms with Gasteiger partial charge in [0.05, 0.1) is 10.9 Å². The van der Waals surface area contributed by atoms with Gasteiger partial charge >= 0.3 is 12.1 Å². The van der Waals surface area contributed by atoms with E-state index in [-0.39, 0.29) is 17.3 Å². The van der Waals surface area contributed by atoms with Crippen LogP contribution in [0.15, 0.2) is 47.4 Å². The molecule has 2 aromatic heterocycles. The maximum Gasteiger partial charge on any atom is 0.490 e. The summed E-state index contributed by atoms with van der Waals surface area (Å²) in [5, 5.41) is 7.61. The molecule has 1 aliphatic rings. The summed E-state index contributed by atoms with van der Waals surface area (Å²) in [7, 11) is 0. The van der Waals surface area contributed by atoms with Crippen molar-refractivity contribution in [1.82, 2.24) is 19.9 Å². The number of aromatic amines is 1. The molecular weight excluding hydrogens is 443 g/mol. The van der Waals surface area contributed by atoms with Crippen molar-refractivity contribution in [3.8, 4) is 0 Å². The third-order valence-corrected chi connectivity index (χ3v) is 4.87. The van der Waals surface area contributed by atoms with Gasteiger partial charge in [0.15, 0.2) is 5.82 Å². The minimum atomic E-state index is -5.08. The molecule has 1 saturated heterocycles. The molecule has 0 unspecified atom stereocenters. The lowest BCUT2D eigenvalue weighted by Crippen LogP contribution is -2.49. The number of benzene rings is 1. The molecule has 1 aromatic carbocycles. The number of fused-ring (bicyclic) bond motifs is 1. The SMILES string of the molecule is Cc1cc(N2CCN(C(=O)c3nc4ccccc4c(=O)[nH]3)CC2)ccn1.O=C(O)C(F)(F)F. The van der Waals surface area contributed by atoms with E-state index in [1.165, 1.54) is 0 Å². The Hall–Kier alpha value is -3.96. The first kappa shape index (κ1) is 23.7. The maximum absolute atomic E-state index is 12.8. The fourth-order valence-electron chi connectivity index (χ4n) is 3.23. The topological polar surface area (TPSA) is 119 Å². The Bertz CT molecular complexity index is 1220. The summed E-state index contributed by atoms with van der Waals surface area (Å²) < 4.78 is 31.7. The third-order valence-electron chi connectivity index (χ3n) is 4.87. The first-order valence-corrected chi connectivity index (χ1v) is 9.82. The van der Waals surface area contributed by atoms with Crippen LogP contribution in [0.25, 0.3) is 10.9 Å². The van der Waals surface area contributed by atoms with Gasteiger partial charge in [-0.1, -0.05) is 12.1 Å². The molecule has 33 heavy (non-hydrogen) atoms. The average Bonchev–Trinajstić information content (AvgIpc) is 2.78. The van der Waals surface area contributed by atoms with E-state index in [4.69, 9.17) is 9.90 Å². The number of carboxylic acids is 1. The molecule has 0 saturated carbocycles. The van der Waals surface area contributed by atoms with Crippen LogP contribution >= 0.6 is 0 Å². The number of aliphatic carboxylic acids is 1. The summed E-state index contributed by atoms with van der Waals surface area (Å²) in [4.78, 5) is 49.0. The predicted molar refractivity (Wildman–Crippen MR) is 113 cm³/mol. The van der Waals surface area contributed by atoms with E-state index in [1.807, 2.05) is 19.1 Å². The summed E-state index contributed by atoms with van der Waals surface area (Å²) in [5.41, 5.74) is 2.33. The lowest BCUT2D eigenvalue weighted by Gasteiger charge is -2.35. The molecule has 1 fully saturated rings. The molecular formula is C21H20F3N5O4. The molecule has 0 spiro atoms. The first-order chi connectivity index (χ1) is 15.6. The minimum absolute atomic E-state index is 0.0990. The fraction of sp³-hybridized carbons (Fsp3) is 0.286. The largest absolute Gasteiger partial charge is 0.490 e. The van der Waals surface area contributed by atoms with E-state index in [0.717, 1.165) is 24.5 Å². The molecule has 12 heteroatoms. The Labute approximate surface area is 185 Å². The van der Waals surface area contributed by atoms with Crippen molar-refractivity contribution < 1.29 is 27.9 Å². The van der Waals surface area contributed by atoms with Gasteiger partial charge in [-0.15, -0.1) is 0 Å². The van der Waals surface area contributed by atoms with Gasteiger partial charge in [0, 0.05) is 43.8 Å². The average molecular weight is 463 g/mol. The van der Waals surface area contributed by atoms with Gasteiger partial charge in [-0.3, -0.25) is 14.6 Å². The number of carbonyl (C=O) groups excluding carboxylic acids is 1. The summed E-state index contributed by atoms with van der Waals surface area (Å²) in [6, 6.07) is 11.0. The molecule has 3 aromatic rings. The molecule has 4 rings (SSSR count). The number of amides is 1. The number of hydrogen-bond acceptors (Lipinski definition) is 6. The number of halogens is 3. The number of para-hydroxylation sites is 1. The van der Waals surface area contributed by atoms with Crippen molar-refractivity contribution in [2.45, 2.75) is 13.1 Å². The monoisotopic (exact) mass is 463 g/mol. The van der Waals surface area contributed by atoms with Crippen LogP contribution in [0.2, 0.25) is 0 Å². The Balaban J connectivity index is 0.000000383. The van der Waals surface area contributed by atoms with Crippen LogP contribution in [0.5, 0.6) is 0 Å². The van der Waals surface area contributed by atoms with E-state index >= 15 is 0 Å². The van der Waals surface area contributed by atoms with Crippen LogP contribution in [-0.2, 0) is 4.79 Å². The second-order valence-electron chi connectivity index (χ2n) is 7.17. The van der Waals surface area contributed by atoms with Crippen molar-refractivity contribution in [2.24, 2.45) is 0 Å². The standard InChI is InChI=1S/C19H19N5O2.C2HF3O2/c1-13-12-14(6-7-20-13)23-8-10-24(11-9-23)19(26)17-21-16-5-3-2-4-15(16)18(25)22-17;3-2(4,5)1(6)7/h2-7,12H,8-11H2,1H3,(H,21,22,25);(H,6,7). The van der Waals surface area contributed by atoms with Crippen molar-refractivity contribution in [2.75, 3.05) is 31.1 Å². The van der Waals surface area contributed by atoms with Crippen LogP contribution in [0.1, 0.15) is 16.3 Å². The predicted octanol–water partition coefficient (Wildman–Crippen LogP) is 2.22. The Kier molecular flexibility index (Phi) is 6.95. The van der Waals surface area contributed by atoms with Crippen LogP contribution in [0.4, 0.5) is 18.9 Å². The Morgan fingerprint density at radius 1 is 1.09 bits per heavy atom. The van der Waals surface area contributed by atoms with E-state index in [0.29, 0.717) is 24.0 Å². The van der Waals surface area contributed by atoms with Gasteiger partial charge in [-0.2, -0.15) is 13.2 Å². The van der Waals surface area contributed by atoms with Gasteiger partial charge < -0.3 is 19.9 Å². The quantitative estimate of drug-likeness (QED) is 0.598. The number of anilines is 1. The highest BCUT2D eigenvalue weighted by molar-refractivity contribution is 5.92. The molecule has 3 heterocycles. The zero-order valence-corrected chi connectivity index (χ0v) is 17.5. The zero-order chi connectivity index (χ0) is 24.2. The smallest absolute Gasteiger partial charge is 0.475 e. The van der Waals surface area contributed by atoms with Crippen LogP contribution < -0.4 is 10.5 Å². The highest BCUT2D eigenvalue weighted by Crippen LogP contribution is 2.17. The van der Waals surface area contributed by atoms with Crippen LogP contribution in [-0.4, -0.2) is 69.2 Å². The lowest BCUT2D eigenvalue weighted by atomic mass is 10.2. The molecule has 174 valence electrons. The maximum atomic E-state index is 12.8. The number of H-pyrrole nitrogens is 1. The number of rotatable bonds is 2. The number of nitrogens with one attached hydrogen (secondary N) is 1. The number of aryl methyl sites for hydroxylation is 1. The van der Waals surface area contributed by atoms with Crippen molar-refractivity contribution in [3.63, 3.8) is 0 Å². The van der Waals surface area contributed by atoms with Gasteiger partial charge in [-0.25, -0.2) is 9.78 Å².